The second-order valence-electron chi connectivity index (χ2n) is 4.05. The molecule has 4 nitrogen and oxygen atoms in total. The van der Waals surface area contributed by atoms with Crippen molar-refractivity contribution in [2.24, 2.45) is 0 Å². The van der Waals surface area contributed by atoms with Crippen molar-refractivity contribution < 1.29 is 13.6 Å². The molecule has 0 saturated heterocycles. The molecule has 0 aliphatic carbocycles. The van der Waals surface area contributed by atoms with E-state index in [-0.39, 0.29) is 18.3 Å². The highest BCUT2D eigenvalue weighted by atomic mass is 19.1. The molecule has 100 valence electrons. The molecule has 0 bridgehead atoms. The molecule has 1 aromatic heterocycles. The highest BCUT2D eigenvalue weighted by Crippen LogP contribution is 2.22. The highest BCUT2D eigenvalue weighted by Gasteiger charge is 2.05. The number of carbonyl (C=O) groups excluding carboxylic acids is 1. The minimum Gasteiger partial charge on any atom is -0.460 e. The Labute approximate surface area is 110 Å². The van der Waals surface area contributed by atoms with E-state index in [2.05, 4.69) is 10.6 Å². The zero-order chi connectivity index (χ0) is 13.7. The van der Waals surface area contributed by atoms with Crippen LogP contribution in [0.4, 0.5) is 4.39 Å². The Kier molecular flexibility index (Phi) is 4.30. The fourth-order valence-electron chi connectivity index (χ4n) is 1.63. The molecule has 19 heavy (non-hydrogen) atoms. The van der Waals surface area contributed by atoms with Crippen LogP contribution in [-0.2, 0) is 11.3 Å². The van der Waals surface area contributed by atoms with Gasteiger partial charge in [-0.25, -0.2) is 4.39 Å². The van der Waals surface area contributed by atoms with Gasteiger partial charge >= 0.3 is 0 Å². The number of amides is 1. The van der Waals surface area contributed by atoms with Crippen LogP contribution >= 0.6 is 0 Å². The van der Waals surface area contributed by atoms with Gasteiger partial charge in [-0.3, -0.25) is 4.79 Å². The number of carbonyl (C=O) groups is 1. The third-order valence-corrected chi connectivity index (χ3v) is 2.65. The van der Waals surface area contributed by atoms with E-state index < -0.39 is 0 Å². The predicted octanol–water partition coefficient (Wildman–Crippen LogP) is 1.92. The Balaban J connectivity index is 1.95. The molecule has 0 fully saturated rings. The van der Waals surface area contributed by atoms with Gasteiger partial charge in [0.25, 0.3) is 0 Å². The molecule has 1 amide bonds. The fraction of sp³-hybridized carbons (Fsp3) is 0.214. The predicted molar refractivity (Wildman–Crippen MR) is 69.9 cm³/mol. The van der Waals surface area contributed by atoms with E-state index in [1.165, 1.54) is 12.1 Å². The second kappa shape index (κ2) is 6.15. The van der Waals surface area contributed by atoms with Gasteiger partial charge in [0.1, 0.15) is 17.3 Å². The molecule has 0 aliphatic rings. The summed E-state index contributed by atoms with van der Waals surface area (Å²) in [5, 5.41) is 5.48. The van der Waals surface area contributed by atoms with Gasteiger partial charge in [-0.1, -0.05) is 0 Å². The minimum absolute atomic E-state index is 0.0784. The van der Waals surface area contributed by atoms with Crippen molar-refractivity contribution in [2.75, 3.05) is 13.6 Å². The second-order valence-corrected chi connectivity index (χ2v) is 4.05. The molecule has 0 unspecified atom stereocenters. The quantitative estimate of drug-likeness (QED) is 0.865. The maximum absolute atomic E-state index is 12.8. The molecule has 1 aromatic carbocycles. The number of hydrogen-bond acceptors (Lipinski definition) is 3. The van der Waals surface area contributed by atoms with E-state index in [0.29, 0.717) is 12.3 Å². The third kappa shape index (κ3) is 3.66. The zero-order valence-electron chi connectivity index (χ0n) is 10.6. The summed E-state index contributed by atoms with van der Waals surface area (Å²) in [5.41, 5.74) is 0.818. The van der Waals surface area contributed by atoms with Crippen molar-refractivity contribution in [3.05, 3.63) is 48.0 Å². The average Bonchev–Trinajstić information content (AvgIpc) is 2.88. The van der Waals surface area contributed by atoms with Crippen LogP contribution in [0.1, 0.15) is 5.76 Å². The Bertz CT molecular complexity index is 549. The van der Waals surface area contributed by atoms with Crippen LogP contribution in [0.5, 0.6) is 0 Å². The van der Waals surface area contributed by atoms with Gasteiger partial charge in [0, 0.05) is 12.6 Å². The molecule has 0 aliphatic heterocycles. The molecular weight excluding hydrogens is 247 g/mol. The molecule has 0 atom stereocenters. The Morgan fingerprint density at radius 2 is 1.95 bits per heavy atom. The van der Waals surface area contributed by atoms with Gasteiger partial charge in [-0.05, 0) is 36.4 Å². The minimum atomic E-state index is -0.275. The normalized spacial score (nSPS) is 10.4. The van der Waals surface area contributed by atoms with Crippen molar-refractivity contribution in [2.45, 2.75) is 6.54 Å². The maximum Gasteiger partial charge on any atom is 0.233 e. The standard InChI is InChI=1S/C14H15FN2O2/c1-16-14(18)9-17-8-12-6-7-13(19-12)10-2-4-11(15)5-3-10/h2-7,17H,8-9H2,1H3,(H,16,18). The Morgan fingerprint density at radius 3 is 2.63 bits per heavy atom. The largest absolute Gasteiger partial charge is 0.460 e. The van der Waals surface area contributed by atoms with Crippen molar-refractivity contribution in [3.8, 4) is 11.3 Å². The summed E-state index contributed by atoms with van der Waals surface area (Å²) in [6.07, 6.45) is 0. The van der Waals surface area contributed by atoms with Crippen LogP contribution < -0.4 is 10.6 Å². The van der Waals surface area contributed by atoms with Gasteiger partial charge in [-0.15, -0.1) is 0 Å². The van der Waals surface area contributed by atoms with E-state index in [0.717, 1.165) is 11.3 Å². The molecule has 0 spiro atoms. The van der Waals surface area contributed by atoms with E-state index in [1.807, 2.05) is 12.1 Å². The summed E-state index contributed by atoms with van der Waals surface area (Å²) < 4.78 is 18.4. The van der Waals surface area contributed by atoms with Gasteiger partial charge in [0.2, 0.25) is 5.91 Å². The van der Waals surface area contributed by atoms with Crippen LogP contribution in [-0.4, -0.2) is 19.5 Å². The number of rotatable bonds is 5. The van der Waals surface area contributed by atoms with Crippen LogP contribution in [0.3, 0.4) is 0 Å². The van der Waals surface area contributed by atoms with Crippen molar-refractivity contribution in [3.63, 3.8) is 0 Å². The number of nitrogens with one attached hydrogen (secondary N) is 2. The van der Waals surface area contributed by atoms with Crippen LogP contribution in [0.25, 0.3) is 11.3 Å². The van der Waals surface area contributed by atoms with Crippen molar-refractivity contribution in [1.29, 1.82) is 0 Å². The van der Waals surface area contributed by atoms with Gasteiger partial charge in [0.05, 0.1) is 13.1 Å². The molecule has 1 heterocycles. The first-order valence-electron chi connectivity index (χ1n) is 5.95. The lowest BCUT2D eigenvalue weighted by Crippen LogP contribution is -2.30. The first-order valence-corrected chi connectivity index (χ1v) is 5.95. The lowest BCUT2D eigenvalue weighted by molar-refractivity contribution is -0.119. The van der Waals surface area contributed by atoms with Gasteiger partial charge in [-0.2, -0.15) is 0 Å². The summed E-state index contributed by atoms with van der Waals surface area (Å²) in [4.78, 5) is 11.0. The summed E-state index contributed by atoms with van der Waals surface area (Å²) in [7, 11) is 1.59. The topological polar surface area (TPSA) is 54.3 Å². The smallest absolute Gasteiger partial charge is 0.233 e. The van der Waals surface area contributed by atoms with Crippen LogP contribution in [0, 0.1) is 5.82 Å². The average molecular weight is 262 g/mol. The van der Waals surface area contributed by atoms with Gasteiger partial charge < -0.3 is 15.1 Å². The molecule has 2 rings (SSSR count). The third-order valence-electron chi connectivity index (χ3n) is 2.65. The first kappa shape index (κ1) is 13.3. The Morgan fingerprint density at radius 1 is 1.21 bits per heavy atom. The monoisotopic (exact) mass is 262 g/mol. The van der Waals surface area contributed by atoms with E-state index in [1.54, 1.807) is 19.2 Å². The lowest BCUT2D eigenvalue weighted by atomic mass is 10.2. The van der Waals surface area contributed by atoms with Crippen molar-refractivity contribution in [1.82, 2.24) is 10.6 Å². The first-order chi connectivity index (χ1) is 9.19. The lowest BCUT2D eigenvalue weighted by Gasteiger charge is -2.01. The molecule has 2 N–H and O–H groups in total. The summed E-state index contributed by atoms with van der Waals surface area (Å²) in [6, 6.07) is 9.76. The zero-order valence-corrected chi connectivity index (χ0v) is 10.6. The Hall–Kier alpha value is -2.14. The molecule has 0 saturated carbocycles. The number of hydrogen-bond donors (Lipinski definition) is 2. The fourth-order valence-corrected chi connectivity index (χ4v) is 1.63. The van der Waals surface area contributed by atoms with Crippen molar-refractivity contribution >= 4 is 5.91 Å². The number of furan rings is 1. The molecule has 2 aromatic rings. The molecule has 5 heteroatoms. The van der Waals surface area contributed by atoms with Gasteiger partial charge in [0.15, 0.2) is 0 Å². The number of halogens is 1. The number of benzene rings is 1. The SMILES string of the molecule is CNC(=O)CNCc1ccc(-c2ccc(F)cc2)o1. The van der Waals surface area contributed by atoms with E-state index >= 15 is 0 Å². The summed E-state index contributed by atoms with van der Waals surface area (Å²) in [5.74, 6) is 1.05. The van der Waals surface area contributed by atoms with Crippen LogP contribution in [0.2, 0.25) is 0 Å². The maximum atomic E-state index is 12.8. The summed E-state index contributed by atoms with van der Waals surface area (Å²) >= 11 is 0. The summed E-state index contributed by atoms with van der Waals surface area (Å²) in [6.45, 7) is 0.706. The van der Waals surface area contributed by atoms with Crippen LogP contribution in [0.15, 0.2) is 40.8 Å². The highest BCUT2D eigenvalue weighted by molar-refractivity contribution is 5.77. The van der Waals surface area contributed by atoms with E-state index in [9.17, 15) is 9.18 Å². The van der Waals surface area contributed by atoms with E-state index in [4.69, 9.17) is 4.42 Å². The molecular formula is C14H15FN2O2. The molecule has 0 radical (unpaired) electrons. The number of likely N-dealkylation sites (N-methyl/N-ethyl adjacent to an activating group) is 1.